The van der Waals surface area contributed by atoms with E-state index in [2.05, 4.69) is 47.8 Å². The summed E-state index contributed by atoms with van der Waals surface area (Å²) in [6.07, 6.45) is 4.90. The Morgan fingerprint density at radius 2 is 1.72 bits per heavy atom. The van der Waals surface area contributed by atoms with Crippen LogP contribution in [0.15, 0.2) is 42.5 Å². The molecule has 2 atom stereocenters. The van der Waals surface area contributed by atoms with Crippen molar-refractivity contribution in [3.8, 4) is 0 Å². The molecule has 1 fully saturated rings. The second kappa shape index (κ2) is 4.99. The van der Waals surface area contributed by atoms with E-state index in [0.717, 1.165) is 6.42 Å². The molecule has 2 nitrogen and oxygen atoms in total. The summed E-state index contributed by atoms with van der Waals surface area (Å²) in [5, 5.41) is 6.17. The summed E-state index contributed by atoms with van der Waals surface area (Å²) in [5.41, 5.74) is 7.37. The van der Waals surface area contributed by atoms with Crippen molar-refractivity contribution in [3.05, 3.63) is 42.5 Å². The van der Waals surface area contributed by atoms with Gasteiger partial charge in [0.1, 0.15) is 0 Å². The number of nitrogens with two attached hydrogens (primary N) is 1. The number of hydrogen-bond acceptors (Lipinski definition) is 2. The van der Waals surface area contributed by atoms with Gasteiger partial charge in [-0.2, -0.15) is 0 Å². The first-order chi connectivity index (χ1) is 8.83. The molecule has 1 saturated carbocycles. The molecule has 2 aromatic rings. The Hall–Kier alpha value is -1.54. The van der Waals surface area contributed by atoms with Crippen LogP contribution in [-0.2, 0) is 0 Å². The van der Waals surface area contributed by atoms with Crippen LogP contribution in [0.25, 0.3) is 10.8 Å². The zero-order chi connectivity index (χ0) is 12.4. The predicted molar refractivity (Wildman–Crippen MR) is 77.8 cm³/mol. The summed E-state index contributed by atoms with van der Waals surface area (Å²) in [4.78, 5) is 0. The molecular weight excluding hydrogens is 220 g/mol. The molecule has 3 rings (SSSR count). The molecule has 0 heterocycles. The normalized spacial score (nSPS) is 24.1. The van der Waals surface area contributed by atoms with Crippen molar-refractivity contribution in [1.82, 2.24) is 0 Å². The summed E-state index contributed by atoms with van der Waals surface area (Å²) in [6, 6.07) is 15.7. The van der Waals surface area contributed by atoms with E-state index >= 15 is 0 Å². The Labute approximate surface area is 108 Å². The fourth-order valence-corrected chi connectivity index (χ4v) is 2.83. The summed E-state index contributed by atoms with van der Waals surface area (Å²) >= 11 is 0. The highest BCUT2D eigenvalue weighted by Crippen LogP contribution is 2.23. The van der Waals surface area contributed by atoms with E-state index in [-0.39, 0.29) is 0 Å². The molecule has 0 spiro atoms. The standard InChI is InChI=1S/C16H20N2/c17-15-7-3-4-8-16(15)18-14-10-9-12-5-1-2-6-13(12)11-14/h1-2,5-6,9-11,15-16,18H,3-4,7-8,17H2. The number of hydrogen-bond donors (Lipinski definition) is 2. The van der Waals surface area contributed by atoms with Crippen LogP contribution in [0.2, 0.25) is 0 Å². The number of nitrogens with one attached hydrogen (secondary N) is 1. The van der Waals surface area contributed by atoms with Crippen molar-refractivity contribution in [3.63, 3.8) is 0 Å². The molecule has 94 valence electrons. The fraction of sp³-hybridized carbons (Fsp3) is 0.375. The average Bonchev–Trinajstić information content (AvgIpc) is 2.41. The van der Waals surface area contributed by atoms with Gasteiger partial charge in [-0.25, -0.2) is 0 Å². The van der Waals surface area contributed by atoms with Crippen molar-refractivity contribution in [2.45, 2.75) is 37.8 Å². The smallest absolute Gasteiger partial charge is 0.0412 e. The first-order valence-corrected chi connectivity index (χ1v) is 6.84. The lowest BCUT2D eigenvalue weighted by molar-refractivity contribution is 0.404. The highest BCUT2D eigenvalue weighted by molar-refractivity contribution is 5.85. The van der Waals surface area contributed by atoms with Crippen LogP contribution >= 0.6 is 0 Å². The Kier molecular flexibility index (Phi) is 3.20. The zero-order valence-corrected chi connectivity index (χ0v) is 10.6. The molecule has 0 aromatic heterocycles. The maximum Gasteiger partial charge on any atom is 0.0412 e. The molecule has 18 heavy (non-hydrogen) atoms. The minimum absolute atomic E-state index is 0.297. The van der Waals surface area contributed by atoms with Gasteiger partial charge in [-0.15, -0.1) is 0 Å². The van der Waals surface area contributed by atoms with Crippen LogP contribution in [0.4, 0.5) is 5.69 Å². The molecule has 2 unspecified atom stereocenters. The van der Waals surface area contributed by atoms with Gasteiger partial charge >= 0.3 is 0 Å². The quantitative estimate of drug-likeness (QED) is 0.843. The number of fused-ring (bicyclic) bond motifs is 1. The first kappa shape index (κ1) is 11.5. The maximum absolute atomic E-state index is 6.18. The van der Waals surface area contributed by atoms with Crippen LogP contribution in [0.3, 0.4) is 0 Å². The van der Waals surface area contributed by atoms with Crippen LogP contribution in [0, 0.1) is 0 Å². The third-order valence-electron chi connectivity index (χ3n) is 3.92. The average molecular weight is 240 g/mol. The van der Waals surface area contributed by atoms with Gasteiger partial charge in [-0.1, -0.05) is 43.2 Å². The lowest BCUT2D eigenvalue weighted by Crippen LogP contribution is -2.42. The van der Waals surface area contributed by atoms with Crippen molar-refractivity contribution in [1.29, 1.82) is 0 Å². The van der Waals surface area contributed by atoms with E-state index in [0.29, 0.717) is 12.1 Å². The van der Waals surface area contributed by atoms with Gasteiger partial charge in [0.2, 0.25) is 0 Å². The topological polar surface area (TPSA) is 38.0 Å². The van der Waals surface area contributed by atoms with Crippen molar-refractivity contribution < 1.29 is 0 Å². The second-order valence-corrected chi connectivity index (χ2v) is 5.26. The lowest BCUT2D eigenvalue weighted by Gasteiger charge is -2.30. The molecule has 1 aliphatic carbocycles. The molecule has 2 heteroatoms. The first-order valence-electron chi connectivity index (χ1n) is 6.84. The van der Waals surface area contributed by atoms with Crippen molar-refractivity contribution in [2.24, 2.45) is 5.73 Å². The molecule has 0 aliphatic heterocycles. The van der Waals surface area contributed by atoms with Crippen molar-refractivity contribution in [2.75, 3.05) is 5.32 Å². The third-order valence-corrected chi connectivity index (χ3v) is 3.92. The highest BCUT2D eigenvalue weighted by Gasteiger charge is 2.21. The van der Waals surface area contributed by atoms with E-state index in [1.54, 1.807) is 0 Å². The van der Waals surface area contributed by atoms with Gasteiger partial charge in [-0.3, -0.25) is 0 Å². The van der Waals surface area contributed by atoms with Crippen LogP contribution in [0.5, 0.6) is 0 Å². The molecule has 3 N–H and O–H groups in total. The van der Waals surface area contributed by atoms with Gasteiger partial charge in [0, 0.05) is 17.8 Å². The monoisotopic (exact) mass is 240 g/mol. The Morgan fingerprint density at radius 1 is 0.944 bits per heavy atom. The Morgan fingerprint density at radius 3 is 2.56 bits per heavy atom. The van der Waals surface area contributed by atoms with Crippen molar-refractivity contribution >= 4 is 16.5 Å². The largest absolute Gasteiger partial charge is 0.381 e. The zero-order valence-electron chi connectivity index (χ0n) is 10.6. The van der Waals surface area contributed by atoms with Gasteiger partial charge in [0.15, 0.2) is 0 Å². The number of rotatable bonds is 2. The highest BCUT2D eigenvalue weighted by atomic mass is 15.0. The SMILES string of the molecule is NC1CCCCC1Nc1ccc2ccccc2c1. The minimum Gasteiger partial charge on any atom is -0.381 e. The van der Waals surface area contributed by atoms with Gasteiger partial charge in [0.05, 0.1) is 0 Å². The predicted octanol–water partition coefficient (Wildman–Crippen LogP) is 3.52. The molecule has 1 aliphatic rings. The lowest BCUT2D eigenvalue weighted by atomic mass is 9.91. The second-order valence-electron chi connectivity index (χ2n) is 5.26. The van der Waals surface area contributed by atoms with E-state index < -0.39 is 0 Å². The third kappa shape index (κ3) is 2.34. The minimum atomic E-state index is 0.297. The Bertz CT molecular complexity index is 535. The molecule has 2 aromatic carbocycles. The molecule has 0 bridgehead atoms. The maximum atomic E-state index is 6.18. The summed E-state index contributed by atoms with van der Waals surface area (Å²) < 4.78 is 0. The molecule has 0 radical (unpaired) electrons. The summed E-state index contributed by atoms with van der Waals surface area (Å²) in [6.45, 7) is 0. The molecule has 0 amide bonds. The van der Waals surface area contributed by atoms with Gasteiger partial charge in [0.25, 0.3) is 0 Å². The van der Waals surface area contributed by atoms with E-state index in [1.165, 1.54) is 35.7 Å². The fourth-order valence-electron chi connectivity index (χ4n) is 2.83. The van der Waals surface area contributed by atoms with Crippen LogP contribution in [-0.4, -0.2) is 12.1 Å². The summed E-state index contributed by atoms with van der Waals surface area (Å²) in [5.74, 6) is 0. The van der Waals surface area contributed by atoms with E-state index in [9.17, 15) is 0 Å². The molecular formula is C16H20N2. The Balaban J connectivity index is 1.81. The molecule has 0 saturated heterocycles. The number of benzene rings is 2. The van der Waals surface area contributed by atoms with Gasteiger partial charge in [-0.05, 0) is 35.7 Å². The van der Waals surface area contributed by atoms with E-state index in [4.69, 9.17) is 5.73 Å². The van der Waals surface area contributed by atoms with Gasteiger partial charge < -0.3 is 11.1 Å². The summed E-state index contributed by atoms with van der Waals surface area (Å²) in [7, 11) is 0. The van der Waals surface area contributed by atoms with E-state index in [1.807, 2.05) is 0 Å². The number of anilines is 1. The van der Waals surface area contributed by atoms with Crippen LogP contribution in [0.1, 0.15) is 25.7 Å². The van der Waals surface area contributed by atoms with Crippen LogP contribution < -0.4 is 11.1 Å².